The first-order valence-electron chi connectivity index (χ1n) is 8.92. The topological polar surface area (TPSA) is 63.2 Å². The lowest BCUT2D eigenvalue weighted by molar-refractivity contribution is -0.115. The maximum absolute atomic E-state index is 13.2. The van der Waals surface area contributed by atoms with E-state index in [2.05, 4.69) is 21.2 Å². The molecule has 3 aromatic rings. The molecule has 6 heteroatoms. The van der Waals surface area contributed by atoms with Gasteiger partial charge in [0.1, 0.15) is 0 Å². The second kappa shape index (κ2) is 7.58. The van der Waals surface area contributed by atoms with Crippen molar-refractivity contribution in [2.45, 2.75) is 13.3 Å². The van der Waals surface area contributed by atoms with Gasteiger partial charge in [-0.15, -0.1) is 0 Å². The van der Waals surface area contributed by atoms with Crippen molar-refractivity contribution in [3.63, 3.8) is 0 Å². The summed E-state index contributed by atoms with van der Waals surface area (Å²) in [5.74, 6) is -0.796. The van der Waals surface area contributed by atoms with Crippen molar-refractivity contribution in [3.05, 3.63) is 97.5 Å². The van der Waals surface area contributed by atoms with Gasteiger partial charge in [0.15, 0.2) is 11.6 Å². The van der Waals surface area contributed by atoms with Crippen LogP contribution in [0.3, 0.4) is 0 Å². The number of hydrogen-bond acceptors (Lipinski definition) is 3. The summed E-state index contributed by atoms with van der Waals surface area (Å²) in [7, 11) is 0. The Morgan fingerprint density at radius 2 is 1.55 bits per heavy atom. The van der Waals surface area contributed by atoms with Crippen LogP contribution in [0.25, 0.3) is 0 Å². The summed E-state index contributed by atoms with van der Waals surface area (Å²) in [6.45, 7) is 1.79. The largest absolute Gasteiger partial charge is 0.325 e. The van der Waals surface area contributed by atoms with Gasteiger partial charge in [-0.3, -0.25) is 14.4 Å². The molecule has 1 amide bonds. The standard InChI is InChI=1S/C23H15BrClNO3/c1-12-10-17(24)19-20(23(29)16-5-3-2-4-15(16)22(19)28)21(12)26-18(27)11-13-6-8-14(25)9-7-13/h2-10H,11H2,1H3,(H,26,27). The van der Waals surface area contributed by atoms with Gasteiger partial charge in [0.2, 0.25) is 5.91 Å². The van der Waals surface area contributed by atoms with E-state index >= 15 is 0 Å². The number of amides is 1. The quantitative estimate of drug-likeness (QED) is 0.440. The molecule has 29 heavy (non-hydrogen) atoms. The first-order chi connectivity index (χ1) is 13.9. The molecule has 3 aromatic carbocycles. The third kappa shape index (κ3) is 3.52. The Kier molecular flexibility index (Phi) is 5.11. The number of nitrogens with one attached hydrogen (secondary N) is 1. The summed E-state index contributed by atoms with van der Waals surface area (Å²) in [6.07, 6.45) is 0.125. The molecule has 0 fully saturated rings. The van der Waals surface area contributed by atoms with E-state index in [1.54, 1.807) is 61.5 Å². The molecular formula is C23H15BrClNO3. The van der Waals surface area contributed by atoms with Crippen molar-refractivity contribution in [3.8, 4) is 0 Å². The van der Waals surface area contributed by atoms with E-state index in [1.165, 1.54) is 0 Å². The van der Waals surface area contributed by atoms with Crippen LogP contribution in [0, 0.1) is 6.92 Å². The van der Waals surface area contributed by atoms with Gasteiger partial charge in [0, 0.05) is 20.6 Å². The molecule has 0 spiro atoms. The summed E-state index contributed by atoms with van der Waals surface area (Å²) >= 11 is 9.30. The van der Waals surface area contributed by atoms with Gasteiger partial charge in [0.25, 0.3) is 0 Å². The average molecular weight is 469 g/mol. The van der Waals surface area contributed by atoms with E-state index in [4.69, 9.17) is 11.6 Å². The zero-order chi connectivity index (χ0) is 20.7. The number of carbonyl (C=O) groups is 3. The lowest BCUT2D eigenvalue weighted by Crippen LogP contribution is -2.25. The molecule has 1 N–H and O–H groups in total. The monoisotopic (exact) mass is 467 g/mol. The third-order valence-electron chi connectivity index (χ3n) is 4.89. The van der Waals surface area contributed by atoms with Crippen LogP contribution in [0.4, 0.5) is 5.69 Å². The second-order valence-corrected chi connectivity index (χ2v) is 8.15. The number of rotatable bonds is 3. The molecule has 0 unspecified atom stereocenters. The fourth-order valence-corrected chi connectivity index (χ4v) is 4.35. The molecule has 144 valence electrons. The van der Waals surface area contributed by atoms with Gasteiger partial charge >= 0.3 is 0 Å². The van der Waals surface area contributed by atoms with Crippen molar-refractivity contribution < 1.29 is 14.4 Å². The smallest absolute Gasteiger partial charge is 0.228 e. The van der Waals surface area contributed by atoms with Gasteiger partial charge in [-0.25, -0.2) is 0 Å². The van der Waals surface area contributed by atoms with E-state index in [-0.39, 0.29) is 35.0 Å². The van der Waals surface area contributed by atoms with Gasteiger partial charge in [-0.2, -0.15) is 0 Å². The Morgan fingerprint density at radius 1 is 0.966 bits per heavy atom. The van der Waals surface area contributed by atoms with Crippen LogP contribution in [-0.4, -0.2) is 17.5 Å². The molecule has 0 aliphatic heterocycles. The zero-order valence-electron chi connectivity index (χ0n) is 15.4. The van der Waals surface area contributed by atoms with Gasteiger partial charge < -0.3 is 5.32 Å². The molecule has 4 rings (SSSR count). The Balaban J connectivity index is 1.75. The number of halogens is 2. The van der Waals surface area contributed by atoms with Gasteiger partial charge in [0.05, 0.1) is 23.2 Å². The molecule has 0 saturated heterocycles. The van der Waals surface area contributed by atoms with Crippen molar-refractivity contribution in [2.24, 2.45) is 0 Å². The highest BCUT2D eigenvalue weighted by Crippen LogP contribution is 2.38. The summed E-state index contributed by atoms with van der Waals surface area (Å²) in [4.78, 5) is 38.9. The van der Waals surface area contributed by atoms with Crippen LogP contribution in [0.2, 0.25) is 5.02 Å². The normalized spacial score (nSPS) is 12.4. The Bertz CT molecular complexity index is 1190. The Morgan fingerprint density at radius 3 is 2.17 bits per heavy atom. The number of ketones is 2. The number of anilines is 1. The molecular weight excluding hydrogens is 454 g/mol. The molecule has 0 saturated carbocycles. The van der Waals surface area contributed by atoms with E-state index < -0.39 is 0 Å². The van der Waals surface area contributed by atoms with E-state index in [0.29, 0.717) is 31.9 Å². The summed E-state index contributed by atoms with van der Waals surface area (Å²) in [5, 5.41) is 3.44. The lowest BCUT2D eigenvalue weighted by atomic mass is 9.82. The number of fused-ring (bicyclic) bond motifs is 2. The van der Waals surface area contributed by atoms with Crippen molar-refractivity contribution in [2.75, 3.05) is 5.32 Å². The first kappa shape index (κ1) is 19.6. The highest BCUT2D eigenvalue weighted by molar-refractivity contribution is 9.10. The maximum Gasteiger partial charge on any atom is 0.228 e. The average Bonchev–Trinajstić information content (AvgIpc) is 2.70. The fraction of sp³-hybridized carbons (Fsp3) is 0.0870. The van der Waals surface area contributed by atoms with Crippen LogP contribution in [-0.2, 0) is 11.2 Å². The number of aryl methyl sites for hydroxylation is 1. The molecule has 0 aromatic heterocycles. The predicted molar refractivity (Wildman–Crippen MR) is 116 cm³/mol. The second-order valence-electron chi connectivity index (χ2n) is 6.86. The SMILES string of the molecule is Cc1cc(Br)c2c(c1NC(=O)Cc1ccc(Cl)cc1)C(=O)c1ccccc1C2=O. The highest BCUT2D eigenvalue weighted by Gasteiger charge is 2.34. The van der Waals surface area contributed by atoms with E-state index in [9.17, 15) is 14.4 Å². The third-order valence-corrected chi connectivity index (χ3v) is 5.77. The zero-order valence-corrected chi connectivity index (χ0v) is 17.7. The van der Waals surface area contributed by atoms with E-state index in [1.807, 2.05) is 0 Å². The molecule has 1 aliphatic rings. The van der Waals surface area contributed by atoms with Crippen LogP contribution in [0.1, 0.15) is 43.0 Å². The minimum atomic E-state index is -0.279. The van der Waals surface area contributed by atoms with Crippen molar-refractivity contribution in [1.29, 1.82) is 0 Å². The Hall–Kier alpha value is -2.76. The Labute approximate surface area is 181 Å². The number of carbonyl (C=O) groups excluding carboxylic acids is 3. The predicted octanol–water partition coefficient (Wildman–Crippen LogP) is 5.37. The molecule has 0 radical (unpaired) electrons. The van der Waals surface area contributed by atoms with Crippen LogP contribution in [0.15, 0.2) is 59.1 Å². The fourth-order valence-electron chi connectivity index (χ4n) is 3.51. The van der Waals surface area contributed by atoms with Crippen molar-refractivity contribution in [1.82, 2.24) is 0 Å². The van der Waals surface area contributed by atoms with Crippen LogP contribution < -0.4 is 5.32 Å². The molecule has 0 heterocycles. The maximum atomic E-state index is 13.2. The minimum Gasteiger partial charge on any atom is -0.325 e. The lowest BCUT2D eigenvalue weighted by Gasteiger charge is -2.23. The van der Waals surface area contributed by atoms with E-state index in [0.717, 1.165) is 5.56 Å². The number of hydrogen-bond donors (Lipinski definition) is 1. The highest BCUT2D eigenvalue weighted by atomic mass is 79.9. The summed E-state index contributed by atoms with van der Waals surface area (Å²) < 4.78 is 0.536. The first-order valence-corrected chi connectivity index (χ1v) is 10.1. The molecule has 0 bridgehead atoms. The van der Waals surface area contributed by atoms with Crippen LogP contribution in [0.5, 0.6) is 0 Å². The van der Waals surface area contributed by atoms with Crippen LogP contribution >= 0.6 is 27.5 Å². The molecule has 1 aliphatic carbocycles. The minimum absolute atomic E-state index is 0.125. The van der Waals surface area contributed by atoms with Gasteiger partial charge in [-0.1, -0.05) is 48.0 Å². The molecule has 4 nitrogen and oxygen atoms in total. The summed E-state index contributed by atoms with van der Waals surface area (Å²) in [6, 6.07) is 15.5. The summed E-state index contributed by atoms with van der Waals surface area (Å²) in [5.41, 5.74) is 3.08. The molecule has 0 atom stereocenters. The van der Waals surface area contributed by atoms with Crippen molar-refractivity contribution >= 4 is 50.7 Å². The van der Waals surface area contributed by atoms with Gasteiger partial charge in [-0.05, 0) is 52.2 Å². The number of benzene rings is 3.